The van der Waals surface area contributed by atoms with E-state index < -0.39 is 11.7 Å². The van der Waals surface area contributed by atoms with Gasteiger partial charge in [0.05, 0.1) is 18.3 Å². The Bertz CT molecular complexity index is 744. The molecule has 31 heavy (non-hydrogen) atoms. The van der Waals surface area contributed by atoms with Crippen molar-refractivity contribution in [3.8, 4) is 0 Å². The SMILES string of the molecule is CCC(O)(CC)CSCC1=CCC2/C(=C/C=C3/CC/C(=C\CO)C(O)C3)CCCC12C. The molecular formula is C27H42O3S. The highest BCUT2D eigenvalue weighted by Crippen LogP contribution is 2.55. The molecule has 2 saturated carbocycles. The zero-order valence-electron chi connectivity index (χ0n) is 19.7. The third-order valence-electron chi connectivity index (χ3n) is 8.16. The Morgan fingerprint density at radius 3 is 2.61 bits per heavy atom. The summed E-state index contributed by atoms with van der Waals surface area (Å²) in [7, 11) is 0. The maximum atomic E-state index is 10.6. The van der Waals surface area contributed by atoms with Crippen LogP contribution in [0.15, 0.2) is 46.6 Å². The van der Waals surface area contributed by atoms with Crippen molar-refractivity contribution < 1.29 is 15.3 Å². The first kappa shape index (κ1) is 24.8. The number of rotatable bonds is 8. The third kappa shape index (κ3) is 5.76. The van der Waals surface area contributed by atoms with Gasteiger partial charge < -0.3 is 15.3 Å². The van der Waals surface area contributed by atoms with E-state index in [1.54, 1.807) is 17.2 Å². The predicted molar refractivity (Wildman–Crippen MR) is 132 cm³/mol. The molecule has 0 aliphatic heterocycles. The molecule has 0 amide bonds. The number of thioether (sulfide) groups is 1. The number of hydrogen-bond acceptors (Lipinski definition) is 4. The van der Waals surface area contributed by atoms with Gasteiger partial charge in [0.15, 0.2) is 0 Å². The summed E-state index contributed by atoms with van der Waals surface area (Å²) >= 11 is 1.90. The first-order chi connectivity index (χ1) is 14.8. The lowest BCUT2D eigenvalue weighted by Crippen LogP contribution is -2.32. The van der Waals surface area contributed by atoms with Crippen LogP contribution in [0.3, 0.4) is 0 Å². The van der Waals surface area contributed by atoms with Crippen molar-refractivity contribution in [3.05, 3.63) is 46.6 Å². The van der Waals surface area contributed by atoms with Gasteiger partial charge in [-0.05, 0) is 74.7 Å². The highest BCUT2D eigenvalue weighted by molar-refractivity contribution is 7.99. The molecule has 174 valence electrons. The Hall–Kier alpha value is -0.810. The summed E-state index contributed by atoms with van der Waals surface area (Å²) in [6, 6.07) is 0. The quantitative estimate of drug-likeness (QED) is 0.417. The summed E-state index contributed by atoms with van der Waals surface area (Å²) in [5.41, 5.74) is 5.20. The molecule has 3 atom stereocenters. The van der Waals surface area contributed by atoms with E-state index >= 15 is 0 Å². The fourth-order valence-corrected chi connectivity index (χ4v) is 7.18. The highest BCUT2D eigenvalue weighted by atomic mass is 32.2. The molecule has 0 aromatic carbocycles. The lowest BCUT2D eigenvalue weighted by Gasteiger charge is -2.41. The van der Waals surface area contributed by atoms with Crippen molar-refractivity contribution in [2.75, 3.05) is 18.1 Å². The van der Waals surface area contributed by atoms with Crippen molar-refractivity contribution in [1.29, 1.82) is 0 Å². The summed E-state index contributed by atoms with van der Waals surface area (Å²) < 4.78 is 0. The molecule has 3 rings (SSSR count). The molecule has 3 unspecified atom stereocenters. The summed E-state index contributed by atoms with van der Waals surface area (Å²) in [6.45, 7) is 6.63. The van der Waals surface area contributed by atoms with Gasteiger partial charge >= 0.3 is 0 Å². The van der Waals surface area contributed by atoms with Gasteiger partial charge in [0.2, 0.25) is 0 Å². The maximum absolute atomic E-state index is 10.6. The smallest absolute Gasteiger partial charge is 0.0788 e. The molecule has 3 N–H and O–H groups in total. The van der Waals surface area contributed by atoms with Crippen LogP contribution in [-0.2, 0) is 0 Å². The molecule has 0 aromatic heterocycles. The van der Waals surface area contributed by atoms with Crippen molar-refractivity contribution >= 4 is 11.8 Å². The number of fused-ring (bicyclic) bond motifs is 1. The van der Waals surface area contributed by atoms with Crippen molar-refractivity contribution in [3.63, 3.8) is 0 Å². The Morgan fingerprint density at radius 2 is 1.94 bits per heavy atom. The Kier molecular flexibility index (Phi) is 8.71. The van der Waals surface area contributed by atoms with Gasteiger partial charge in [0, 0.05) is 11.5 Å². The van der Waals surface area contributed by atoms with Crippen molar-refractivity contribution in [2.24, 2.45) is 11.3 Å². The molecule has 3 nitrogen and oxygen atoms in total. The average Bonchev–Trinajstić information content (AvgIpc) is 3.10. The number of hydrogen-bond donors (Lipinski definition) is 3. The molecule has 0 bridgehead atoms. The first-order valence-corrected chi connectivity index (χ1v) is 13.4. The summed E-state index contributed by atoms with van der Waals surface area (Å²) in [6.07, 6.45) is 17.4. The molecule has 0 spiro atoms. The molecule has 0 saturated heterocycles. The molecule has 0 radical (unpaired) electrons. The molecule has 4 heteroatoms. The zero-order chi connectivity index (χ0) is 22.5. The Labute approximate surface area is 193 Å². The van der Waals surface area contributed by atoms with E-state index in [0.717, 1.165) is 49.2 Å². The first-order valence-electron chi connectivity index (χ1n) is 12.2. The average molecular weight is 447 g/mol. The second-order valence-corrected chi connectivity index (χ2v) is 10.9. The fraction of sp³-hybridized carbons (Fsp3) is 0.704. The minimum atomic E-state index is -0.523. The van der Waals surface area contributed by atoms with E-state index in [1.165, 1.54) is 24.8 Å². The van der Waals surface area contributed by atoms with E-state index in [4.69, 9.17) is 5.11 Å². The van der Waals surface area contributed by atoms with Gasteiger partial charge in [-0.2, -0.15) is 11.8 Å². The van der Waals surface area contributed by atoms with Crippen LogP contribution < -0.4 is 0 Å². The predicted octanol–water partition coefficient (Wildman–Crippen LogP) is 5.72. The van der Waals surface area contributed by atoms with Crippen molar-refractivity contribution in [1.82, 2.24) is 0 Å². The second kappa shape index (κ2) is 10.9. The molecule has 0 aromatic rings. The van der Waals surface area contributed by atoms with E-state index in [0.29, 0.717) is 12.3 Å². The van der Waals surface area contributed by atoms with Crippen molar-refractivity contribution in [2.45, 2.75) is 90.3 Å². The Balaban J connectivity index is 1.63. The van der Waals surface area contributed by atoms with Gasteiger partial charge in [0.1, 0.15) is 0 Å². The van der Waals surface area contributed by atoms with E-state index in [-0.39, 0.29) is 12.0 Å². The molecular weight excluding hydrogens is 404 g/mol. The minimum absolute atomic E-state index is 0.0134. The van der Waals surface area contributed by atoms with Gasteiger partial charge in [-0.3, -0.25) is 0 Å². The lowest BCUT2D eigenvalue weighted by molar-refractivity contribution is 0.0572. The largest absolute Gasteiger partial charge is 0.392 e. The van der Waals surface area contributed by atoms with Crippen LogP contribution in [0.5, 0.6) is 0 Å². The molecule has 2 fully saturated rings. The number of aliphatic hydroxyl groups is 3. The fourth-order valence-electron chi connectivity index (χ4n) is 5.62. The maximum Gasteiger partial charge on any atom is 0.0788 e. The van der Waals surface area contributed by atoms with Gasteiger partial charge in [-0.25, -0.2) is 0 Å². The van der Waals surface area contributed by atoms with Gasteiger partial charge in [0.25, 0.3) is 0 Å². The van der Waals surface area contributed by atoms with Crippen LogP contribution in [-0.4, -0.2) is 45.1 Å². The number of allylic oxidation sites excluding steroid dienone is 4. The lowest BCUT2D eigenvalue weighted by atomic mass is 9.64. The minimum Gasteiger partial charge on any atom is -0.392 e. The van der Waals surface area contributed by atoms with Crippen LogP contribution in [0.4, 0.5) is 0 Å². The Morgan fingerprint density at radius 1 is 1.16 bits per heavy atom. The monoisotopic (exact) mass is 446 g/mol. The van der Waals surface area contributed by atoms with Crippen LogP contribution >= 0.6 is 11.8 Å². The van der Waals surface area contributed by atoms with E-state index in [1.807, 2.05) is 11.8 Å². The molecule has 3 aliphatic rings. The van der Waals surface area contributed by atoms with Crippen LogP contribution in [0, 0.1) is 11.3 Å². The van der Waals surface area contributed by atoms with E-state index in [9.17, 15) is 10.2 Å². The van der Waals surface area contributed by atoms with Crippen LogP contribution in [0.1, 0.15) is 78.6 Å². The summed E-state index contributed by atoms with van der Waals surface area (Å²) in [5.74, 6) is 2.46. The third-order valence-corrected chi connectivity index (χ3v) is 9.42. The highest BCUT2D eigenvalue weighted by Gasteiger charge is 2.44. The standard InChI is InChI=1S/C27H42O3S/c1-4-27(30,5-2)19-31-18-23-12-13-24-21(7-6-15-26(23,24)3)10-8-20-9-11-22(14-16-28)25(29)17-20/h8,10,12,14,24-25,28-30H,4-7,9,11,13,15-19H2,1-3H3/b20-8-,21-10+,22-14+. The number of aliphatic hydroxyl groups excluding tert-OH is 2. The normalized spacial score (nSPS) is 33.2. The van der Waals surface area contributed by atoms with Gasteiger partial charge in [-0.15, -0.1) is 0 Å². The molecule has 0 heterocycles. The topological polar surface area (TPSA) is 60.7 Å². The zero-order valence-corrected chi connectivity index (χ0v) is 20.5. The van der Waals surface area contributed by atoms with Crippen LogP contribution in [0.25, 0.3) is 0 Å². The summed E-state index contributed by atoms with van der Waals surface area (Å²) in [5, 5.41) is 30.0. The summed E-state index contributed by atoms with van der Waals surface area (Å²) in [4.78, 5) is 0. The second-order valence-electron chi connectivity index (χ2n) is 9.96. The van der Waals surface area contributed by atoms with Gasteiger partial charge in [-0.1, -0.05) is 61.8 Å². The van der Waals surface area contributed by atoms with E-state index in [2.05, 4.69) is 39.0 Å². The van der Waals surface area contributed by atoms with Crippen LogP contribution in [0.2, 0.25) is 0 Å². The molecule has 3 aliphatic carbocycles.